The molecule has 1 aliphatic carbocycles. The lowest BCUT2D eigenvalue weighted by molar-refractivity contribution is 0.426. The van der Waals surface area contributed by atoms with Crippen molar-refractivity contribution in [2.24, 2.45) is 0 Å². The maximum absolute atomic E-state index is 9.52. The molecular weight excluding hydrogens is 295 g/mol. The Labute approximate surface area is 142 Å². The van der Waals surface area contributed by atoms with Crippen LogP contribution in [0.4, 0.5) is 0 Å². The van der Waals surface area contributed by atoms with E-state index in [1.54, 1.807) is 6.07 Å². The first-order chi connectivity index (χ1) is 11.5. The minimum Gasteiger partial charge on any atom is -0.423 e. The summed E-state index contributed by atoms with van der Waals surface area (Å²) in [6.07, 6.45) is 0. The Morgan fingerprint density at radius 1 is 0.708 bits per heavy atom. The molecule has 2 nitrogen and oxygen atoms in total. The Bertz CT molecular complexity index is 914. The fourth-order valence-corrected chi connectivity index (χ4v) is 3.76. The predicted octanol–water partition coefficient (Wildman–Crippen LogP) is 3.34. The highest BCUT2D eigenvalue weighted by molar-refractivity contribution is 6.58. The molecule has 3 heteroatoms. The lowest BCUT2D eigenvalue weighted by Gasteiger charge is -2.21. The van der Waals surface area contributed by atoms with Crippen molar-refractivity contribution >= 4 is 12.6 Å². The van der Waals surface area contributed by atoms with Gasteiger partial charge in [0.05, 0.1) is 0 Å². The normalized spacial score (nSPS) is 14.2. The van der Waals surface area contributed by atoms with Crippen LogP contribution in [0.1, 0.15) is 25.0 Å². The summed E-state index contributed by atoms with van der Waals surface area (Å²) in [6, 6.07) is 22.6. The van der Waals surface area contributed by atoms with Crippen molar-refractivity contribution in [1.82, 2.24) is 0 Å². The van der Waals surface area contributed by atoms with Gasteiger partial charge in [0, 0.05) is 5.41 Å². The molecule has 0 atom stereocenters. The number of fused-ring (bicyclic) bond motifs is 3. The number of hydrogen-bond donors (Lipinski definition) is 2. The summed E-state index contributed by atoms with van der Waals surface area (Å²) in [5, 5.41) is 19.0. The molecular formula is C21H19BO2. The topological polar surface area (TPSA) is 40.5 Å². The van der Waals surface area contributed by atoms with Gasteiger partial charge in [-0.15, -0.1) is 0 Å². The summed E-state index contributed by atoms with van der Waals surface area (Å²) in [5.41, 5.74) is 7.59. The monoisotopic (exact) mass is 314 g/mol. The second-order valence-corrected chi connectivity index (χ2v) is 6.93. The van der Waals surface area contributed by atoms with Crippen LogP contribution >= 0.6 is 0 Å². The van der Waals surface area contributed by atoms with Crippen LogP contribution in [-0.2, 0) is 5.41 Å². The maximum atomic E-state index is 9.52. The number of rotatable bonds is 2. The summed E-state index contributed by atoms with van der Waals surface area (Å²) in [5.74, 6) is 0. The standard InChI is InChI=1S/C21H19BO2/c1-21(2)19-10-8-15(14-6-4-3-5-7-14)12-17(19)18-13-16(22(23)24)9-11-20(18)21/h3-13,23-24H,1-2H3. The van der Waals surface area contributed by atoms with Crippen LogP contribution in [0.3, 0.4) is 0 Å². The minimum absolute atomic E-state index is 0.0845. The van der Waals surface area contributed by atoms with Gasteiger partial charge < -0.3 is 10.0 Å². The highest BCUT2D eigenvalue weighted by atomic mass is 16.4. The molecule has 0 bridgehead atoms. The summed E-state index contributed by atoms with van der Waals surface area (Å²) >= 11 is 0. The van der Waals surface area contributed by atoms with Crippen LogP contribution in [0.2, 0.25) is 0 Å². The fourth-order valence-electron chi connectivity index (χ4n) is 3.76. The zero-order valence-corrected chi connectivity index (χ0v) is 13.8. The Kier molecular flexibility index (Phi) is 3.38. The van der Waals surface area contributed by atoms with Gasteiger partial charge in [-0.2, -0.15) is 0 Å². The largest absolute Gasteiger partial charge is 0.488 e. The lowest BCUT2D eigenvalue weighted by atomic mass is 9.77. The minimum atomic E-state index is -1.44. The Balaban J connectivity index is 1.94. The predicted molar refractivity (Wildman–Crippen MR) is 99.3 cm³/mol. The lowest BCUT2D eigenvalue weighted by Crippen LogP contribution is -2.30. The molecule has 1 aliphatic rings. The van der Waals surface area contributed by atoms with Crippen LogP contribution in [0.5, 0.6) is 0 Å². The average molecular weight is 314 g/mol. The van der Waals surface area contributed by atoms with Crippen molar-refractivity contribution < 1.29 is 10.0 Å². The van der Waals surface area contributed by atoms with Crippen molar-refractivity contribution in [3.8, 4) is 22.3 Å². The summed E-state index contributed by atoms with van der Waals surface area (Å²) in [6.45, 7) is 4.43. The van der Waals surface area contributed by atoms with E-state index >= 15 is 0 Å². The Morgan fingerprint density at radius 3 is 2.00 bits per heavy atom. The highest BCUT2D eigenvalue weighted by Crippen LogP contribution is 2.49. The third-order valence-electron chi connectivity index (χ3n) is 5.11. The molecule has 3 aromatic carbocycles. The van der Waals surface area contributed by atoms with Crippen LogP contribution in [0.15, 0.2) is 66.7 Å². The molecule has 0 saturated carbocycles. The first kappa shape index (κ1) is 15.2. The molecule has 0 fully saturated rings. The van der Waals surface area contributed by atoms with Crippen molar-refractivity contribution in [1.29, 1.82) is 0 Å². The zero-order valence-electron chi connectivity index (χ0n) is 13.8. The van der Waals surface area contributed by atoms with Gasteiger partial charge in [0.2, 0.25) is 0 Å². The van der Waals surface area contributed by atoms with E-state index in [2.05, 4.69) is 44.2 Å². The smallest absolute Gasteiger partial charge is 0.423 e. The van der Waals surface area contributed by atoms with Crippen LogP contribution < -0.4 is 5.46 Å². The number of benzene rings is 3. The third kappa shape index (κ3) is 2.21. The zero-order chi connectivity index (χ0) is 16.9. The molecule has 0 spiro atoms. The molecule has 0 heterocycles. The Hall–Kier alpha value is -2.36. The van der Waals surface area contributed by atoms with Crippen LogP contribution in [0.25, 0.3) is 22.3 Å². The molecule has 118 valence electrons. The maximum Gasteiger partial charge on any atom is 0.488 e. The first-order valence-electron chi connectivity index (χ1n) is 8.19. The van der Waals surface area contributed by atoms with E-state index < -0.39 is 7.12 Å². The van der Waals surface area contributed by atoms with E-state index in [-0.39, 0.29) is 5.41 Å². The summed E-state index contributed by atoms with van der Waals surface area (Å²) in [4.78, 5) is 0. The molecule has 0 amide bonds. The van der Waals surface area contributed by atoms with Crippen LogP contribution in [-0.4, -0.2) is 17.2 Å². The van der Waals surface area contributed by atoms with Gasteiger partial charge in [0.25, 0.3) is 0 Å². The molecule has 2 N–H and O–H groups in total. The summed E-state index contributed by atoms with van der Waals surface area (Å²) in [7, 11) is -1.44. The quantitative estimate of drug-likeness (QED) is 0.712. The molecule has 3 aromatic rings. The van der Waals surface area contributed by atoms with Gasteiger partial charge in [-0.1, -0.05) is 74.5 Å². The molecule has 0 unspecified atom stereocenters. The molecule has 0 aliphatic heterocycles. The van der Waals surface area contributed by atoms with Gasteiger partial charge in [0.15, 0.2) is 0 Å². The average Bonchev–Trinajstić information content (AvgIpc) is 2.83. The van der Waals surface area contributed by atoms with Gasteiger partial charge in [-0.3, -0.25) is 0 Å². The van der Waals surface area contributed by atoms with Gasteiger partial charge >= 0.3 is 7.12 Å². The Morgan fingerprint density at radius 2 is 1.33 bits per heavy atom. The molecule has 0 saturated heterocycles. The van der Waals surface area contributed by atoms with E-state index in [0.29, 0.717) is 5.46 Å². The first-order valence-corrected chi connectivity index (χ1v) is 8.19. The molecule has 0 radical (unpaired) electrons. The number of hydrogen-bond acceptors (Lipinski definition) is 2. The van der Waals surface area contributed by atoms with Gasteiger partial charge in [0.1, 0.15) is 0 Å². The summed E-state index contributed by atoms with van der Waals surface area (Å²) < 4.78 is 0. The van der Waals surface area contributed by atoms with E-state index in [9.17, 15) is 10.0 Å². The van der Waals surface area contributed by atoms with Crippen molar-refractivity contribution in [3.05, 3.63) is 77.9 Å². The van der Waals surface area contributed by atoms with Crippen molar-refractivity contribution in [3.63, 3.8) is 0 Å². The van der Waals surface area contributed by atoms with Crippen molar-refractivity contribution in [2.45, 2.75) is 19.3 Å². The molecule has 0 aromatic heterocycles. The SMILES string of the molecule is CC1(C)c2ccc(B(O)O)cc2-c2cc(-c3ccccc3)ccc21. The van der Waals surface area contributed by atoms with Gasteiger partial charge in [-0.05, 0) is 44.9 Å². The molecule has 24 heavy (non-hydrogen) atoms. The van der Waals surface area contributed by atoms with E-state index in [1.807, 2.05) is 30.3 Å². The second kappa shape index (κ2) is 5.33. The second-order valence-electron chi connectivity index (χ2n) is 6.93. The van der Waals surface area contributed by atoms with Gasteiger partial charge in [-0.25, -0.2) is 0 Å². The van der Waals surface area contributed by atoms with E-state index in [4.69, 9.17) is 0 Å². The fraction of sp³-hybridized carbons (Fsp3) is 0.143. The van der Waals surface area contributed by atoms with Crippen LogP contribution in [0, 0.1) is 0 Å². The van der Waals surface area contributed by atoms with E-state index in [1.165, 1.54) is 27.8 Å². The van der Waals surface area contributed by atoms with E-state index in [0.717, 1.165) is 5.56 Å². The third-order valence-corrected chi connectivity index (χ3v) is 5.11. The van der Waals surface area contributed by atoms with Crippen molar-refractivity contribution in [2.75, 3.05) is 0 Å². The highest BCUT2D eigenvalue weighted by Gasteiger charge is 2.36. The molecule has 4 rings (SSSR count).